The van der Waals surface area contributed by atoms with E-state index in [4.69, 9.17) is 10.5 Å². The molecule has 0 fully saturated rings. The summed E-state index contributed by atoms with van der Waals surface area (Å²) in [6.45, 7) is 4.95. The van der Waals surface area contributed by atoms with Crippen molar-refractivity contribution in [3.05, 3.63) is 28.8 Å². The molecule has 0 saturated carbocycles. The Morgan fingerprint density at radius 3 is 2.59 bits per heavy atom. The molecule has 0 aromatic heterocycles. The highest BCUT2D eigenvalue weighted by molar-refractivity contribution is 5.45. The van der Waals surface area contributed by atoms with Crippen molar-refractivity contribution in [2.24, 2.45) is 5.73 Å². The first-order valence-electron chi connectivity index (χ1n) is 6.16. The average Bonchev–Trinajstić information content (AvgIpc) is 2.31. The zero-order chi connectivity index (χ0) is 12.8. The van der Waals surface area contributed by atoms with Gasteiger partial charge in [-0.05, 0) is 57.5 Å². The van der Waals surface area contributed by atoms with E-state index in [1.54, 1.807) is 7.11 Å². The van der Waals surface area contributed by atoms with E-state index in [9.17, 15) is 0 Å². The second-order valence-electron chi connectivity index (χ2n) is 4.47. The molecule has 0 aliphatic rings. The van der Waals surface area contributed by atoms with Crippen molar-refractivity contribution in [2.45, 2.75) is 32.7 Å². The first kappa shape index (κ1) is 14.0. The number of rotatable bonds is 6. The van der Waals surface area contributed by atoms with Gasteiger partial charge in [0.1, 0.15) is 5.75 Å². The maximum absolute atomic E-state index is 5.58. The minimum Gasteiger partial charge on any atom is -0.496 e. The summed E-state index contributed by atoms with van der Waals surface area (Å²) in [6, 6.07) is 4.61. The normalized spacial score (nSPS) is 12.5. The van der Waals surface area contributed by atoms with Crippen LogP contribution in [0.15, 0.2) is 12.1 Å². The highest BCUT2D eigenvalue weighted by Gasteiger charge is 2.16. The van der Waals surface area contributed by atoms with Crippen molar-refractivity contribution < 1.29 is 4.74 Å². The van der Waals surface area contributed by atoms with Crippen molar-refractivity contribution in [3.8, 4) is 5.75 Å². The second kappa shape index (κ2) is 6.62. The van der Waals surface area contributed by atoms with Gasteiger partial charge in [0.25, 0.3) is 0 Å². The molecular formula is C14H24N2O. The fraction of sp³-hybridized carbons (Fsp3) is 0.571. The first-order valence-corrected chi connectivity index (χ1v) is 6.16. The number of benzene rings is 1. The number of hydrogen-bond acceptors (Lipinski definition) is 3. The van der Waals surface area contributed by atoms with Gasteiger partial charge < -0.3 is 15.8 Å². The molecule has 3 heteroatoms. The van der Waals surface area contributed by atoms with Gasteiger partial charge in [0.05, 0.1) is 7.11 Å². The van der Waals surface area contributed by atoms with E-state index in [1.165, 1.54) is 16.7 Å². The van der Waals surface area contributed by atoms with Gasteiger partial charge in [0, 0.05) is 11.6 Å². The van der Waals surface area contributed by atoms with Crippen LogP contribution in [0.25, 0.3) is 0 Å². The molecule has 0 aliphatic carbocycles. The van der Waals surface area contributed by atoms with Gasteiger partial charge in [-0.2, -0.15) is 0 Å². The molecule has 3 N–H and O–H groups in total. The topological polar surface area (TPSA) is 47.3 Å². The maximum atomic E-state index is 5.58. The van der Waals surface area contributed by atoms with Gasteiger partial charge in [-0.25, -0.2) is 0 Å². The monoisotopic (exact) mass is 236 g/mol. The Morgan fingerprint density at radius 1 is 1.35 bits per heavy atom. The first-order chi connectivity index (χ1) is 8.13. The van der Waals surface area contributed by atoms with Gasteiger partial charge in [-0.1, -0.05) is 6.07 Å². The van der Waals surface area contributed by atoms with Crippen LogP contribution in [0.4, 0.5) is 0 Å². The lowest BCUT2D eigenvalue weighted by molar-refractivity contribution is 0.396. The molecule has 1 aromatic rings. The summed E-state index contributed by atoms with van der Waals surface area (Å²) >= 11 is 0. The highest BCUT2D eigenvalue weighted by Crippen LogP contribution is 2.32. The van der Waals surface area contributed by atoms with E-state index in [1.807, 2.05) is 7.05 Å². The Labute approximate surface area is 104 Å². The third-order valence-electron chi connectivity index (χ3n) is 3.11. The summed E-state index contributed by atoms with van der Waals surface area (Å²) in [7, 11) is 3.72. The van der Waals surface area contributed by atoms with Crippen molar-refractivity contribution in [1.82, 2.24) is 5.32 Å². The summed E-state index contributed by atoms with van der Waals surface area (Å²) in [5.74, 6) is 0.971. The van der Waals surface area contributed by atoms with E-state index in [0.29, 0.717) is 6.04 Å². The fourth-order valence-electron chi connectivity index (χ4n) is 2.31. The molecule has 17 heavy (non-hydrogen) atoms. The third kappa shape index (κ3) is 3.45. The molecule has 1 rings (SSSR count). The Hall–Kier alpha value is -1.06. The summed E-state index contributed by atoms with van der Waals surface area (Å²) in [5, 5.41) is 3.35. The van der Waals surface area contributed by atoms with Crippen LogP contribution < -0.4 is 15.8 Å². The molecule has 0 heterocycles. The third-order valence-corrected chi connectivity index (χ3v) is 3.11. The zero-order valence-corrected chi connectivity index (χ0v) is 11.3. The summed E-state index contributed by atoms with van der Waals surface area (Å²) < 4.78 is 5.50. The number of methoxy groups -OCH3 is 1. The SMILES string of the molecule is CNC(CCCN)c1c(C)cc(C)cc1OC. The van der Waals surface area contributed by atoms with Crippen molar-refractivity contribution in [2.75, 3.05) is 20.7 Å². The largest absolute Gasteiger partial charge is 0.496 e. The predicted octanol–water partition coefficient (Wildman–Crippen LogP) is 2.31. The van der Waals surface area contributed by atoms with Gasteiger partial charge in [-0.3, -0.25) is 0 Å². The van der Waals surface area contributed by atoms with E-state index >= 15 is 0 Å². The minimum absolute atomic E-state index is 0.314. The zero-order valence-electron chi connectivity index (χ0n) is 11.3. The molecule has 96 valence electrons. The summed E-state index contributed by atoms with van der Waals surface area (Å²) in [6.07, 6.45) is 2.05. The van der Waals surface area contributed by atoms with Gasteiger partial charge in [0.2, 0.25) is 0 Å². The van der Waals surface area contributed by atoms with Crippen molar-refractivity contribution in [3.63, 3.8) is 0 Å². The summed E-state index contributed by atoms with van der Waals surface area (Å²) in [5.41, 5.74) is 9.35. The fourth-order valence-corrected chi connectivity index (χ4v) is 2.31. The molecule has 1 unspecified atom stereocenters. The number of hydrogen-bond donors (Lipinski definition) is 2. The number of ether oxygens (including phenoxy) is 1. The van der Waals surface area contributed by atoms with Gasteiger partial charge in [-0.15, -0.1) is 0 Å². The quantitative estimate of drug-likeness (QED) is 0.797. The predicted molar refractivity (Wildman–Crippen MR) is 72.6 cm³/mol. The lowest BCUT2D eigenvalue weighted by atomic mass is 9.95. The van der Waals surface area contributed by atoms with E-state index in [0.717, 1.165) is 25.1 Å². The van der Waals surface area contributed by atoms with Crippen LogP contribution in [-0.2, 0) is 0 Å². The number of aryl methyl sites for hydroxylation is 2. The highest BCUT2D eigenvalue weighted by atomic mass is 16.5. The molecule has 1 aromatic carbocycles. The Balaban J connectivity index is 3.08. The maximum Gasteiger partial charge on any atom is 0.124 e. The molecule has 0 radical (unpaired) electrons. The minimum atomic E-state index is 0.314. The molecule has 0 amide bonds. The van der Waals surface area contributed by atoms with E-state index in [-0.39, 0.29) is 0 Å². The number of nitrogens with two attached hydrogens (primary N) is 1. The molecule has 3 nitrogen and oxygen atoms in total. The lowest BCUT2D eigenvalue weighted by Gasteiger charge is -2.22. The molecule has 0 bridgehead atoms. The standard InChI is InChI=1S/C14H24N2O/c1-10-8-11(2)14(13(9-10)17-4)12(16-3)6-5-7-15/h8-9,12,16H,5-7,15H2,1-4H3. The van der Waals surface area contributed by atoms with Crippen LogP contribution in [0.3, 0.4) is 0 Å². The molecule has 0 aliphatic heterocycles. The lowest BCUT2D eigenvalue weighted by Crippen LogP contribution is -2.19. The van der Waals surface area contributed by atoms with Crippen LogP contribution in [-0.4, -0.2) is 20.7 Å². The van der Waals surface area contributed by atoms with Crippen LogP contribution in [0.1, 0.15) is 35.6 Å². The molecular weight excluding hydrogens is 212 g/mol. The Bertz CT molecular complexity index is 363. The number of nitrogens with one attached hydrogen (secondary N) is 1. The average molecular weight is 236 g/mol. The second-order valence-corrected chi connectivity index (χ2v) is 4.47. The van der Waals surface area contributed by atoms with Crippen LogP contribution >= 0.6 is 0 Å². The molecule has 1 atom stereocenters. The Morgan fingerprint density at radius 2 is 2.06 bits per heavy atom. The Kier molecular flexibility index (Phi) is 5.45. The molecule has 0 spiro atoms. The van der Waals surface area contributed by atoms with Gasteiger partial charge >= 0.3 is 0 Å². The summed E-state index contributed by atoms with van der Waals surface area (Å²) in [4.78, 5) is 0. The van der Waals surface area contributed by atoms with Crippen LogP contribution in [0.5, 0.6) is 5.75 Å². The van der Waals surface area contributed by atoms with Gasteiger partial charge in [0.15, 0.2) is 0 Å². The van der Waals surface area contributed by atoms with Crippen molar-refractivity contribution in [1.29, 1.82) is 0 Å². The van der Waals surface area contributed by atoms with E-state index < -0.39 is 0 Å². The van der Waals surface area contributed by atoms with Crippen molar-refractivity contribution >= 4 is 0 Å². The van der Waals surface area contributed by atoms with Crippen LogP contribution in [0.2, 0.25) is 0 Å². The molecule has 0 saturated heterocycles. The smallest absolute Gasteiger partial charge is 0.124 e. The van der Waals surface area contributed by atoms with E-state index in [2.05, 4.69) is 31.3 Å². The van der Waals surface area contributed by atoms with Crippen LogP contribution in [0, 0.1) is 13.8 Å².